The monoisotopic (exact) mass is 296 g/mol. The molecule has 1 amide bonds. The number of methoxy groups -OCH3 is 1. The first kappa shape index (κ1) is 16.4. The second-order valence-corrected chi connectivity index (χ2v) is 4.25. The number of hydrogen-bond acceptors (Lipinski definition) is 5. The van der Waals surface area contributed by atoms with Gasteiger partial charge in [-0.2, -0.15) is 0 Å². The van der Waals surface area contributed by atoms with Crippen LogP contribution in [0.1, 0.15) is 23.2 Å². The standard InChI is InChI=1S/C13H16N2O6/c1-21-10-4-2-7(13(19)20)6-9(10)15-12(18)8(14)3-5-11(16)17/h2,4,6,8H,3,5,14H2,1H3,(H,15,18)(H,16,17)(H,19,20). The van der Waals surface area contributed by atoms with E-state index in [9.17, 15) is 14.4 Å². The highest BCUT2D eigenvalue weighted by Gasteiger charge is 2.17. The van der Waals surface area contributed by atoms with Crippen LogP contribution in [-0.4, -0.2) is 41.2 Å². The molecule has 0 fully saturated rings. The molecular weight excluding hydrogens is 280 g/mol. The van der Waals surface area contributed by atoms with E-state index >= 15 is 0 Å². The van der Waals surface area contributed by atoms with Crippen LogP contribution in [-0.2, 0) is 9.59 Å². The molecule has 0 spiro atoms. The van der Waals surface area contributed by atoms with E-state index < -0.39 is 23.9 Å². The maximum Gasteiger partial charge on any atom is 0.335 e. The summed E-state index contributed by atoms with van der Waals surface area (Å²) in [5.74, 6) is -2.54. The third-order valence-corrected chi connectivity index (χ3v) is 2.71. The van der Waals surface area contributed by atoms with E-state index in [1.54, 1.807) is 0 Å². The van der Waals surface area contributed by atoms with Gasteiger partial charge in [0.25, 0.3) is 0 Å². The topological polar surface area (TPSA) is 139 Å². The Morgan fingerprint density at radius 1 is 1.33 bits per heavy atom. The van der Waals surface area contributed by atoms with E-state index in [-0.39, 0.29) is 29.8 Å². The Labute approximate surface area is 120 Å². The third-order valence-electron chi connectivity index (χ3n) is 2.71. The molecule has 0 saturated carbocycles. The van der Waals surface area contributed by atoms with Gasteiger partial charge in [-0.3, -0.25) is 9.59 Å². The highest BCUT2D eigenvalue weighted by Crippen LogP contribution is 2.25. The van der Waals surface area contributed by atoms with Crippen molar-refractivity contribution in [3.05, 3.63) is 23.8 Å². The van der Waals surface area contributed by atoms with Crippen molar-refractivity contribution in [2.45, 2.75) is 18.9 Å². The Bertz CT molecular complexity index is 558. The number of rotatable bonds is 7. The van der Waals surface area contributed by atoms with Crippen LogP contribution in [0.3, 0.4) is 0 Å². The van der Waals surface area contributed by atoms with E-state index in [0.717, 1.165) is 0 Å². The zero-order valence-corrected chi connectivity index (χ0v) is 11.3. The highest BCUT2D eigenvalue weighted by atomic mass is 16.5. The number of nitrogens with one attached hydrogen (secondary N) is 1. The molecule has 0 bridgehead atoms. The molecule has 1 atom stereocenters. The molecule has 0 aliphatic heterocycles. The summed E-state index contributed by atoms with van der Waals surface area (Å²) in [6, 6.07) is 2.96. The van der Waals surface area contributed by atoms with Crippen molar-refractivity contribution in [1.29, 1.82) is 0 Å². The predicted molar refractivity (Wildman–Crippen MR) is 73.4 cm³/mol. The summed E-state index contributed by atoms with van der Waals surface area (Å²) in [4.78, 5) is 33.2. The summed E-state index contributed by atoms with van der Waals surface area (Å²) in [6.45, 7) is 0. The lowest BCUT2D eigenvalue weighted by atomic mass is 10.1. The third kappa shape index (κ3) is 4.77. The molecule has 1 aromatic carbocycles. The summed E-state index contributed by atoms with van der Waals surface area (Å²) in [7, 11) is 1.37. The minimum absolute atomic E-state index is 0.0230. The number of amides is 1. The van der Waals surface area contributed by atoms with Crippen LogP contribution in [0, 0.1) is 0 Å². The number of aliphatic carboxylic acids is 1. The minimum atomic E-state index is -1.15. The SMILES string of the molecule is COc1ccc(C(=O)O)cc1NC(=O)C(N)CCC(=O)O. The van der Waals surface area contributed by atoms with Crippen molar-refractivity contribution in [1.82, 2.24) is 0 Å². The summed E-state index contributed by atoms with van der Waals surface area (Å²) in [5, 5.41) is 19.9. The van der Waals surface area contributed by atoms with E-state index in [1.165, 1.54) is 25.3 Å². The summed E-state index contributed by atoms with van der Waals surface area (Å²) in [5.41, 5.74) is 5.71. The Kier molecular flexibility index (Phi) is 5.67. The van der Waals surface area contributed by atoms with Crippen LogP contribution in [0.5, 0.6) is 5.75 Å². The van der Waals surface area contributed by atoms with Crippen LogP contribution in [0.2, 0.25) is 0 Å². The van der Waals surface area contributed by atoms with E-state index in [1.807, 2.05) is 0 Å². The van der Waals surface area contributed by atoms with Crippen LogP contribution in [0.4, 0.5) is 5.69 Å². The molecule has 0 aliphatic rings. The van der Waals surface area contributed by atoms with Gasteiger partial charge in [0.2, 0.25) is 5.91 Å². The quantitative estimate of drug-likeness (QED) is 0.575. The van der Waals surface area contributed by atoms with Gasteiger partial charge in [-0.05, 0) is 24.6 Å². The lowest BCUT2D eigenvalue weighted by Crippen LogP contribution is -2.36. The molecule has 1 rings (SSSR count). The Morgan fingerprint density at radius 3 is 2.52 bits per heavy atom. The molecule has 0 aromatic heterocycles. The molecule has 21 heavy (non-hydrogen) atoms. The Hall–Kier alpha value is -2.61. The number of carbonyl (C=O) groups excluding carboxylic acids is 1. The first-order chi connectivity index (χ1) is 9.85. The van der Waals surface area contributed by atoms with Gasteiger partial charge in [-0.1, -0.05) is 0 Å². The number of ether oxygens (including phenoxy) is 1. The number of carbonyl (C=O) groups is 3. The maximum atomic E-state index is 11.8. The molecule has 0 radical (unpaired) electrons. The van der Waals surface area contributed by atoms with Gasteiger partial charge < -0.3 is 26.0 Å². The fraction of sp³-hybridized carbons (Fsp3) is 0.308. The van der Waals surface area contributed by atoms with Crippen molar-refractivity contribution in [2.75, 3.05) is 12.4 Å². The smallest absolute Gasteiger partial charge is 0.335 e. The number of hydrogen-bond donors (Lipinski definition) is 4. The summed E-state index contributed by atoms with van der Waals surface area (Å²) in [6.07, 6.45) is -0.261. The number of carboxylic acids is 2. The van der Waals surface area contributed by atoms with Crippen molar-refractivity contribution < 1.29 is 29.3 Å². The second kappa shape index (κ2) is 7.25. The lowest BCUT2D eigenvalue weighted by molar-refractivity contribution is -0.137. The highest BCUT2D eigenvalue weighted by molar-refractivity contribution is 5.98. The second-order valence-electron chi connectivity index (χ2n) is 4.25. The van der Waals surface area contributed by atoms with Crippen molar-refractivity contribution in [2.24, 2.45) is 5.73 Å². The lowest BCUT2D eigenvalue weighted by Gasteiger charge is -2.14. The fourth-order valence-corrected chi connectivity index (χ4v) is 1.57. The number of benzene rings is 1. The number of nitrogens with two attached hydrogens (primary N) is 1. The van der Waals surface area contributed by atoms with Crippen LogP contribution in [0.25, 0.3) is 0 Å². The predicted octanol–water partition coefficient (Wildman–Crippen LogP) is 0.524. The maximum absolute atomic E-state index is 11.8. The fourth-order valence-electron chi connectivity index (χ4n) is 1.57. The summed E-state index contributed by atoms with van der Waals surface area (Å²) >= 11 is 0. The molecule has 5 N–H and O–H groups in total. The minimum Gasteiger partial charge on any atom is -0.495 e. The zero-order valence-electron chi connectivity index (χ0n) is 11.3. The normalized spacial score (nSPS) is 11.5. The van der Waals surface area contributed by atoms with Gasteiger partial charge in [-0.15, -0.1) is 0 Å². The first-order valence-corrected chi connectivity index (χ1v) is 6.04. The van der Waals surface area contributed by atoms with Gasteiger partial charge in [0, 0.05) is 6.42 Å². The average Bonchev–Trinajstić information content (AvgIpc) is 2.44. The number of aromatic carboxylic acids is 1. The Morgan fingerprint density at radius 2 is 2.00 bits per heavy atom. The molecule has 8 heteroatoms. The molecule has 8 nitrogen and oxygen atoms in total. The van der Waals surface area contributed by atoms with Crippen LogP contribution in [0.15, 0.2) is 18.2 Å². The van der Waals surface area contributed by atoms with Crippen molar-refractivity contribution in [3.63, 3.8) is 0 Å². The average molecular weight is 296 g/mol. The molecule has 0 heterocycles. The molecule has 0 saturated heterocycles. The number of carboxylic acid groups (broad SMARTS) is 2. The zero-order chi connectivity index (χ0) is 16.0. The van der Waals surface area contributed by atoms with Crippen LogP contribution < -0.4 is 15.8 Å². The van der Waals surface area contributed by atoms with Crippen molar-refractivity contribution in [3.8, 4) is 5.75 Å². The Balaban J connectivity index is 2.85. The van der Waals surface area contributed by atoms with Crippen molar-refractivity contribution >= 4 is 23.5 Å². The van der Waals surface area contributed by atoms with E-state index in [2.05, 4.69) is 5.32 Å². The largest absolute Gasteiger partial charge is 0.495 e. The molecule has 1 unspecified atom stereocenters. The molecule has 114 valence electrons. The van der Waals surface area contributed by atoms with Gasteiger partial charge in [0.15, 0.2) is 0 Å². The molecular formula is C13H16N2O6. The van der Waals surface area contributed by atoms with Gasteiger partial charge in [0.05, 0.1) is 24.4 Å². The first-order valence-electron chi connectivity index (χ1n) is 6.04. The van der Waals surface area contributed by atoms with Gasteiger partial charge in [-0.25, -0.2) is 4.79 Å². The van der Waals surface area contributed by atoms with E-state index in [4.69, 9.17) is 20.7 Å². The summed E-state index contributed by atoms with van der Waals surface area (Å²) < 4.78 is 5.02. The van der Waals surface area contributed by atoms with Crippen LogP contribution >= 0.6 is 0 Å². The molecule has 1 aromatic rings. The van der Waals surface area contributed by atoms with Gasteiger partial charge >= 0.3 is 11.9 Å². The number of anilines is 1. The molecule has 0 aliphatic carbocycles. The van der Waals surface area contributed by atoms with Gasteiger partial charge in [0.1, 0.15) is 5.75 Å². The van der Waals surface area contributed by atoms with E-state index in [0.29, 0.717) is 0 Å².